The first kappa shape index (κ1) is 16.5. The Hall–Kier alpha value is -0.910. The van der Waals surface area contributed by atoms with Crippen molar-refractivity contribution in [3.63, 3.8) is 0 Å². The SMILES string of the molecule is C[C@H](NC(=O)C(C)(C)C)[C@H](c1cccs1)[NH+]1CCOCC1. The molecule has 0 aliphatic carbocycles. The summed E-state index contributed by atoms with van der Waals surface area (Å²) in [7, 11) is 0. The summed E-state index contributed by atoms with van der Waals surface area (Å²) in [4.78, 5) is 15.1. The monoisotopic (exact) mass is 311 g/mol. The molecule has 0 aromatic carbocycles. The highest BCUT2D eigenvalue weighted by Crippen LogP contribution is 2.21. The van der Waals surface area contributed by atoms with E-state index in [0.717, 1.165) is 26.3 Å². The Morgan fingerprint density at radius 1 is 1.38 bits per heavy atom. The minimum atomic E-state index is -0.353. The summed E-state index contributed by atoms with van der Waals surface area (Å²) >= 11 is 1.77. The number of hydrogen-bond donors (Lipinski definition) is 2. The fourth-order valence-electron chi connectivity index (χ4n) is 2.72. The number of morpholine rings is 1. The Labute approximate surface area is 131 Å². The summed E-state index contributed by atoms with van der Waals surface area (Å²) in [5.74, 6) is 0.115. The van der Waals surface area contributed by atoms with Crippen LogP contribution in [0.2, 0.25) is 0 Å². The van der Waals surface area contributed by atoms with E-state index in [0.29, 0.717) is 6.04 Å². The van der Waals surface area contributed by atoms with Gasteiger partial charge in [0, 0.05) is 5.41 Å². The standard InChI is InChI=1S/C16H26N2O2S/c1-12(17-15(19)16(2,3)4)14(13-6-5-11-21-13)18-7-9-20-10-8-18/h5-6,11-12,14H,7-10H2,1-4H3,(H,17,19)/p+1/t12-,14+/m0/s1. The normalized spacial score (nSPS) is 20.0. The van der Waals surface area contributed by atoms with Gasteiger partial charge in [0.15, 0.2) is 0 Å². The summed E-state index contributed by atoms with van der Waals surface area (Å²) in [5.41, 5.74) is -0.353. The minimum Gasteiger partial charge on any atom is -0.370 e. The molecule has 21 heavy (non-hydrogen) atoms. The van der Waals surface area contributed by atoms with Crippen molar-refractivity contribution < 1.29 is 14.4 Å². The van der Waals surface area contributed by atoms with E-state index in [1.807, 2.05) is 20.8 Å². The van der Waals surface area contributed by atoms with Crippen LogP contribution >= 0.6 is 11.3 Å². The second kappa shape index (κ2) is 6.90. The second-order valence-corrected chi connectivity index (χ2v) is 7.76. The molecule has 2 N–H and O–H groups in total. The summed E-state index contributed by atoms with van der Waals surface area (Å²) in [6.45, 7) is 11.6. The van der Waals surface area contributed by atoms with E-state index >= 15 is 0 Å². The number of ether oxygens (including phenoxy) is 1. The molecule has 2 rings (SSSR count). The van der Waals surface area contributed by atoms with E-state index in [4.69, 9.17) is 4.74 Å². The molecule has 0 saturated carbocycles. The van der Waals surface area contributed by atoms with Crippen LogP contribution in [0.3, 0.4) is 0 Å². The third-order valence-electron chi connectivity index (χ3n) is 3.96. The Morgan fingerprint density at radius 3 is 2.57 bits per heavy atom. The lowest BCUT2D eigenvalue weighted by Gasteiger charge is -2.35. The summed E-state index contributed by atoms with van der Waals surface area (Å²) < 4.78 is 5.48. The van der Waals surface area contributed by atoms with E-state index in [-0.39, 0.29) is 17.4 Å². The quantitative estimate of drug-likeness (QED) is 0.879. The molecular weight excluding hydrogens is 284 g/mol. The number of quaternary nitrogens is 1. The van der Waals surface area contributed by atoms with Gasteiger partial charge in [0.1, 0.15) is 19.1 Å². The number of hydrogen-bond acceptors (Lipinski definition) is 3. The van der Waals surface area contributed by atoms with Crippen molar-refractivity contribution in [1.29, 1.82) is 0 Å². The highest BCUT2D eigenvalue weighted by molar-refractivity contribution is 7.10. The first-order valence-corrected chi connectivity index (χ1v) is 8.54. The lowest BCUT2D eigenvalue weighted by molar-refractivity contribution is -0.939. The first-order chi connectivity index (χ1) is 9.89. The molecule has 1 aromatic rings. The molecule has 118 valence electrons. The number of amides is 1. The Morgan fingerprint density at radius 2 is 2.05 bits per heavy atom. The fourth-order valence-corrected chi connectivity index (χ4v) is 3.71. The zero-order chi connectivity index (χ0) is 15.5. The number of rotatable bonds is 4. The Kier molecular flexibility index (Phi) is 5.41. The predicted molar refractivity (Wildman–Crippen MR) is 85.6 cm³/mol. The van der Waals surface area contributed by atoms with Crippen molar-refractivity contribution >= 4 is 17.2 Å². The summed E-state index contributed by atoms with van der Waals surface area (Å²) in [5, 5.41) is 5.32. The molecule has 2 atom stereocenters. The van der Waals surface area contributed by atoms with Gasteiger partial charge >= 0.3 is 0 Å². The maximum Gasteiger partial charge on any atom is 0.225 e. The van der Waals surface area contributed by atoms with E-state index in [1.54, 1.807) is 11.3 Å². The smallest absolute Gasteiger partial charge is 0.225 e. The van der Waals surface area contributed by atoms with Crippen molar-refractivity contribution in [1.82, 2.24) is 5.32 Å². The van der Waals surface area contributed by atoms with Gasteiger partial charge < -0.3 is 15.0 Å². The van der Waals surface area contributed by atoms with E-state index < -0.39 is 0 Å². The molecule has 4 nitrogen and oxygen atoms in total. The van der Waals surface area contributed by atoms with Gasteiger partial charge in [-0.1, -0.05) is 26.8 Å². The van der Waals surface area contributed by atoms with E-state index in [9.17, 15) is 4.79 Å². The highest BCUT2D eigenvalue weighted by atomic mass is 32.1. The average molecular weight is 311 g/mol. The molecule has 1 aliphatic rings. The fraction of sp³-hybridized carbons (Fsp3) is 0.688. The number of carbonyl (C=O) groups excluding carboxylic acids is 1. The van der Waals surface area contributed by atoms with E-state index in [2.05, 4.69) is 29.8 Å². The van der Waals surface area contributed by atoms with Gasteiger partial charge in [0.2, 0.25) is 5.91 Å². The number of thiophene rings is 1. The van der Waals surface area contributed by atoms with Crippen LogP contribution < -0.4 is 10.2 Å². The van der Waals surface area contributed by atoms with Crippen molar-refractivity contribution in [3.05, 3.63) is 22.4 Å². The highest BCUT2D eigenvalue weighted by Gasteiger charge is 2.34. The van der Waals surface area contributed by atoms with Crippen molar-refractivity contribution in [2.75, 3.05) is 26.3 Å². The van der Waals surface area contributed by atoms with Gasteiger partial charge in [0.05, 0.1) is 24.1 Å². The molecule has 1 saturated heterocycles. The van der Waals surface area contributed by atoms with Crippen molar-refractivity contribution in [2.24, 2.45) is 5.41 Å². The molecule has 1 aromatic heterocycles. The molecule has 0 spiro atoms. The van der Waals surface area contributed by atoms with Gasteiger partial charge in [-0.15, -0.1) is 11.3 Å². The third-order valence-corrected chi connectivity index (χ3v) is 4.92. The van der Waals surface area contributed by atoms with E-state index in [1.165, 1.54) is 9.78 Å². The van der Waals surface area contributed by atoms with Crippen molar-refractivity contribution in [3.8, 4) is 0 Å². The molecule has 1 aliphatic heterocycles. The maximum atomic E-state index is 12.3. The average Bonchev–Trinajstić information content (AvgIpc) is 2.93. The molecule has 2 heterocycles. The van der Waals surface area contributed by atoms with Crippen LogP contribution in [0.25, 0.3) is 0 Å². The zero-order valence-electron chi connectivity index (χ0n) is 13.4. The van der Waals surface area contributed by atoms with Crippen LogP contribution in [-0.4, -0.2) is 38.3 Å². The van der Waals surface area contributed by atoms with Gasteiger partial charge in [-0.25, -0.2) is 0 Å². The van der Waals surface area contributed by atoms with Gasteiger partial charge in [0.25, 0.3) is 0 Å². The lowest BCUT2D eigenvalue weighted by atomic mass is 9.94. The Bertz CT molecular complexity index is 447. The minimum absolute atomic E-state index is 0.114. The van der Waals surface area contributed by atoms with Crippen LogP contribution in [0.4, 0.5) is 0 Å². The summed E-state index contributed by atoms with van der Waals surface area (Å²) in [6, 6.07) is 4.69. The first-order valence-electron chi connectivity index (χ1n) is 7.66. The third kappa shape index (κ3) is 4.28. The van der Waals surface area contributed by atoms with Crippen LogP contribution in [-0.2, 0) is 9.53 Å². The molecule has 5 heteroatoms. The van der Waals surface area contributed by atoms with Crippen molar-refractivity contribution in [2.45, 2.75) is 39.8 Å². The molecule has 1 amide bonds. The molecule has 0 unspecified atom stereocenters. The molecular formula is C16H27N2O2S+. The predicted octanol–water partition coefficient (Wildman–Crippen LogP) is 1.26. The van der Waals surface area contributed by atoms with Crippen LogP contribution in [0.1, 0.15) is 38.6 Å². The van der Waals surface area contributed by atoms with Crippen LogP contribution in [0, 0.1) is 5.41 Å². The zero-order valence-corrected chi connectivity index (χ0v) is 14.3. The molecule has 1 fully saturated rings. The van der Waals surface area contributed by atoms with Crippen LogP contribution in [0.15, 0.2) is 17.5 Å². The topological polar surface area (TPSA) is 42.8 Å². The van der Waals surface area contributed by atoms with Gasteiger partial charge in [-0.3, -0.25) is 4.79 Å². The Balaban J connectivity index is 2.13. The largest absolute Gasteiger partial charge is 0.370 e. The maximum absolute atomic E-state index is 12.3. The molecule has 0 bridgehead atoms. The molecule has 0 radical (unpaired) electrons. The lowest BCUT2D eigenvalue weighted by Crippen LogP contribution is -3.15. The van der Waals surface area contributed by atoms with Gasteiger partial charge in [-0.05, 0) is 18.4 Å². The number of nitrogens with one attached hydrogen (secondary N) is 2. The van der Waals surface area contributed by atoms with Gasteiger partial charge in [-0.2, -0.15) is 0 Å². The van der Waals surface area contributed by atoms with Crippen LogP contribution in [0.5, 0.6) is 0 Å². The number of carbonyl (C=O) groups is 1. The second-order valence-electron chi connectivity index (χ2n) is 6.78. The summed E-state index contributed by atoms with van der Waals surface area (Å²) in [6.07, 6.45) is 0.